The molecule has 0 saturated carbocycles. The number of nitriles is 1. The van der Waals surface area contributed by atoms with E-state index in [1.54, 1.807) is 0 Å². The Bertz CT molecular complexity index is 322. The summed E-state index contributed by atoms with van der Waals surface area (Å²) in [4.78, 5) is 4.12. The van der Waals surface area contributed by atoms with Crippen molar-refractivity contribution in [1.29, 1.82) is 5.26 Å². The van der Waals surface area contributed by atoms with Gasteiger partial charge in [-0.1, -0.05) is 18.5 Å². The van der Waals surface area contributed by atoms with Gasteiger partial charge in [0.15, 0.2) is 5.15 Å². The predicted molar refractivity (Wildman–Crippen MR) is 46.9 cm³/mol. The van der Waals surface area contributed by atoms with E-state index in [2.05, 4.69) is 11.1 Å². The Morgan fingerprint density at radius 3 is 2.75 bits per heavy atom. The molecule has 0 fully saturated rings. The summed E-state index contributed by atoms with van der Waals surface area (Å²) in [5, 5.41) is 8.96. The molecule has 0 radical (unpaired) electrons. The first-order chi connectivity index (χ1) is 5.70. The molecular formula is C8H10ClN3. The highest BCUT2D eigenvalue weighted by Gasteiger charge is 2.10. The molecule has 1 heterocycles. The lowest BCUT2D eigenvalue weighted by Crippen LogP contribution is -2.00. The van der Waals surface area contributed by atoms with Crippen LogP contribution < -0.4 is 0 Å². The molecule has 1 aromatic rings. The van der Waals surface area contributed by atoms with Crippen molar-refractivity contribution in [2.45, 2.75) is 19.8 Å². The SMILES string of the molecule is CCc1nc(Cl)c(CC#N)n1C. The number of halogens is 1. The predicted octanol–water partition coefficient (Wildman–Crippen LogP) is 1.70. The fraction of sp³-hybridized carbons (Fsp3) is 0.500. The quantitative estimate of drug-likeness (QED) is 0.701. The van der Waals surface area contributed by atoms with E-state index in [1.165, 1.54) is 0 Å². The molecular weight excluding hydrogens is 174 g/mol. The van der Waals surface area contributed by atoms with Gasteiger partial charge in [0.25, 0.3) is 0 Å². The minimum atomic E-state index is 0.322. The maximum Gasteiger partial charge on any atom is 0.151 e. The monoisotopic (exact) mass is 183 g/mol. The van der Waals surface area contributed by atoms with Crippen molar-refractivity contribution < 1.29 is 0 Å². The van der Waals surface area contributed by atoms with E-state index in [4.69, 9.17) is 16.9 Å². The molecule has 1 rings (SSSR count). The van der Waals surface area contributed by atoms with Crippen LogP contribution in [0.5, 0.6) is 0 Å². The van der Waals surface area contributed by atoms with Gasteiger partial charge in [-0.15, -0.1) is 0 Å². The van der Waals surface area contributed by atoms with Gasteiger partial charge < -0.3 is 4.57 Å². The normalized spacial score (nSPS) is 9.83. The zero-order chi connectivity index (χ0) is 9.14. The summed E-state index contributed by atoms with van der Waals surface area (Å²) in [6, 6.07) is 2.06. The van der Waals surface area contributed by atoms with Crippen LogP contribution in [-0.2, 0) is 19.9 Å². The van der Waals surface area contributed by atoms with E-state index < -0.39 is 0 Å². The molecule has 0 amide bonds. The molecule has 0 aromatic carbocycles. The number of imidazole rings is 1. The maximum atomic E-state index is 8.50. The van der Waals surface area contributed by atoms with Crippen molar-refractivity contribution in [1.82, 2.24) is 9.55 Å². The summed E-state index contributed by atoms with van der Waals surface area (Å²) >= 11 is 5.82. The molecule has 64 valence electrons. The third kappa shape index (κ3) is 1.44. The van der Waals surface area contributed by atoms with Crippen molar-refractivity contribution in [2.24, 2.45) is 7.05 Å². The fourth-order valence-electron chi connectivity index (χ4n) is 1.13. The van der Waals surface area contributed by atoms with Gasteiger partial charge in [0, 0.05) is 13.5 Å². The van der Waals surface area contributed by atoms with E-state index >= 15 is 0 Å². The molecule has 0 bridgehead atoms. The van der Waals surface area contributed by atoms with E-state index in [1.807, 2.05) is 18.5 Å². The van der Waals surface area contributed by atoms with Crippen LogP contribution in [0.4, 0.5) is 0 Å². The minimum absolute atomic E-state index is 0.322. The highest BCUT2D eigenvalue weighted by atomic mass is 35.5. The molecule has 0 spiro atoms. The van der Waals surface area contributed by atoms with E-state index in [-0.39, 0.29) is 0 Å². The van der Waals surface area contributed by atoms with Gasteiger partial charge >= 0.3 is 0 Å². The second-order valence-electron chi connectivity index (χ2n) is 2.51. The topological polar surface area (TPSA) is 41.6 Å². The number of rotatable bonds is 2. The number of nitrogens with zero attached hydrogens (tertiary/aromatic N) is 3. The lowest BCUT2D eigenvalue weighted by molar-refractivity contribution is 0.775. The molecule has 0 aliphatic heterocycles. The van der Waals surface area contributed by atoms with Gasteiger partial charge in [-0.05, 0) is 0 Å². The molecule has 0 atom stereocenters. The zero-order valence-electron chi connectivity index (χ0n) is 7.13. The Morgan fingerprint density at radius 2 is 2.33 bits per heavy atom. The molecule has 3 nitrogen and oxygen atoms in total. The summed E-state index contributed by atoms with van der Waals surface area (Å²) in [6.07, 6.45) is 1.16. The number of aryl methyl sites for hydroxylation is 1. The Morgan fingerprint density at radius 1 is 1.67 bits per heavy atom. The van der Waals surface area contributed by atoms with Crippen molar-refractivity contribution >= 4 is 11.6 Å². The van der Waals surface area contributed by atoms with Gasteiger partial charge in [0.1, 0.15) is 5.82 Å². The molecule has 0 aliphatic rings. The van der Waals surface area contributed by atoms with Crippen LogP contribution in [0.25, 0.3) is 0 Å². The van der Waals surface area contributed by atoms with Gasteiger partial charge in [-0.25, -0.2) is 4.98 Å². The van der Waals surface area contributed by atoms with Crippen LogP contribution in [0.2, 0.25) is 5.15 Å². The van der Waals surface area contributed by atoms with Crippen LogP contribution in [0.3, 0.4) is 0 Å². The van der Waals surface area contributed by atoms with Crippen LogP contribution in [0.1, 0.15) is 18.4 Å². The van der Waals surface area contributed by atoms with Crippen molar-refractivity contribution in [3.05, 3.63) is 16.7 Å². The summed E-state index contributed by atoms with van der Waals surface area (Å²) in [5.74, 6) is 0.922. The fourth-order valence-corrected chi connectivity index (χ4v) is 1.42. The van der Waals surface area contributed by atoms with Crippen molar-refractivity contribution in [2.75, 3.05) is 0 Å². The van der Waals surface area contributed by atoms with Crippen LogP contribution >= 0.6 is 11.6 Å². The lowest BCUT2D eigenvalue weighted by Gasteiger charge is -1.99. The summed E-state index contributed by atoms with van der Waals surface area (Å²) in [7, 11) is 1.88. The standard InChI is InChI=1S/C8H10ClN3/c1-3-7-11-8(9)6(4-5-10)12(7)2/h3-4H2,1-2H3. The molecule has 0 N–H and O–H groups in total. The number of hydrogen-bond donors (Lipinski definition) is 0. The van der Waals surface area contributed by atoms with E-state index in [0.717, 1.165) is 17.9 Å². The number of hydrogen-bond acceptors (Lipinski definition) is 2. The Labute approximate surface area is 76.6 Å². The smallest absolute Gasteiger partial charge is 0.151 e. The highest BCUT2D eigenvalue weighted by molar-refractivity contribution is 6.30. The van der Waals surface area contributed by atoms with E-state index in [0.29, 0.717) is 11.6 Å². The molecule has 0 unspecified atom stereocenters. The summed E-state index contributed by atoms with van der Waals surface area (Å²) < 4.78 is 1.88. The van der Waals surface area contributed by atoms with Crippen molar-refractivity contribution in [3.8, 4) is 6.07 Å². The first kappa shape index (κ1) is 9.08. The van der Waals surface area contributed by atoms with Crippen molar-refractivity contribution in [3.63, 3.8) is 0 Å². The van der Waals surface area contributed by atoms with Crippen LogP contribution in [0, 0.1) is 11.3 Å². The third-order valence-corrected chi connectivity index (χ3v) is 2.12. The molecule has 0 saturated heterocycles. The van der Waals surface area contributed by atoms with E-state index in [9.17, 15) is 0 Å². The average molecular weight is 184 g/mol. The summed E-state index contributed by atoms with van der Waals surface area (Å²) in [6.45, 7) is 2.01. The maximum absolute atomic E-state index is 8.50. The highest BCUT2D eigenvalue weighted by Crippen LogP contribution is 2.16. The van der Waals surface area contributed by atoms with Gasteiger partial charge in [0.2, 0.25) is 0 Å². The third-order valence-electron chi connectivity index (χ3n) is 1.82. The molecule has 0 aliphatic carbocycles. The lowest BCUT2D eigenvalue weighted by atomic mass is 10.3. The molecule has 12 heavy (non-hydrogen) atoms. The number of aromatic nitrogens is 2. The molecule has 1 aromatic heterocycles. The average Bonchev–Trinajstić information content (AvgIpc) is 2.32. The zero-order valence-corrected chi connectivity index (χ0v) is 7.89. The largest absolute Gasteiger partial charge is 0.333 e. The molecule has 4 heteroatoms. The van der Waals surface area contributed by atoms with Gasteiger partial charge in [0.05, 0.1) is 18.2 Å². The van der Waals surface area contributed by atoms with Gasteiger partial charge in [-0.3, -0.25) is 0 Å². The Balaban J connectivity index is 3.11. The Hall–Kier alpha value is -1.01. The van der Waals surface area contributed by atoms with Gasteiger partial charge in [-0.2, -0.15) is 5.26 Å². The first-order valence-electron chi connectivity index (χ1n) is 3.77. The Kier molecular flexibility index (Phi) is 2.72. The second kappa shape index (κ2) is 3.59. The van der Waals surface area contributed by atoms with Crippen LogP contribution in [0.15, 0.2) is 0 Å². The second-order valence-corrected chi connectivity index (χ2v) is 2.87. The summed E-state index contributed by atoms with van der Waals surface area (Å²) in [5.41, 5.74) is 0.802. The minimum Gasteiger partial charge on any atom is -0.333 e. The first-order valence-corrected chi connectivity index (χ1v) is 4.15. The van der Waals surface area contributed by atoms with Crippen LogP contribution in [-0.4, -0.2) is 9.55 Å².